The number of pyridine rings is 1. The molecule has 5 nitrogen and oxygen atoms in total. The molecule has 0 radical (unpaired) electrons. The van der Waals surface area contributed by atoms with Crippen LogP contribution in [0.4, 0.5) is 5.13 Å². The van der Waals surface area contributed by atoms with Gasteiger partial charge in [-0.1, -0.05) is 30.6 Å². The normalized spacial score (nSPS) is 16.4. The van der Waals surface area contributed by atoms with Crippen molar-refractivity contribution >= 4 is 16.5 Å². The van der Waals surface area contributed by atoms with Gasteiger partial charge in [0.2, 0.25) is 5.13 Å². The molecule has 2 N–H and O–H groups in total. The molecule has 0 unspecified atom stereocenters. The number of rotatable bonds is 2. The lowest BCUT2D eigenvalue weighted by Gasteiger charge is -2.26. The summed E-state index contributed by atoms with van der Waals surface area (Å²) >= 11 is 1.26. The molecule has 0 aromatic carbocycles. The van der Waals surface area contributed by atoms with E-state index in [-0.39, 0.29) is 5.56 Å². The molecule has 2 aromatic heterocycles. The van der Waals surface area contributed by atoms with Crippen LogP contribution in [0.25, 0.3) is 10.6 Å². The van der Waals surface area contributed by atoms with Crippen LogP contribution in [0.3, 0.4) is 0 Å². The number of nitrogens with two attached hydrogens (primary N) is 1. The number of aryl methyl sites for hydroxylation is 1. The Labute approximate surface area is 121 Å². The molecule has 0 atom stereocenters. The van der Waals surface area contributed by atoms with Gasteiger partial charge in [0, 0.05) is 11.7 Å². The Morgan fingerprint density at radius 2 is 2.00 bits per heavy atom. The SMILES string of the molecule is Cc1ccc(-c2nnc(N)s2)c(=O)n1C1CCCCC1. The van der Waals surface area contributed by atoms with Crippen LogP contribution < -0.4 is 11.3 Å². The van der Waals surface area contributed by atoms with E-state index in [0.29, 0.717) is 21.7 Å². The third-order valence-electron chi connectivity index (χ3n) is 3.93. The van der Waals surface area contributed by atoms with Gasteiger partial charge in [-0.3, -0.25) is 4.79 Å². The second-order valence-electron chi connectivity index (χ2n) is 5.30. The first-order valence-corrected chi connectivity index (χ1v) is 7.80. The van der Waals surface area contributed by atoms with Crippen LogP contribution in [-0.4, -0.2) is 14.8 Å². The molecule has 0 bridgehead atoms. The molecular formula is C14H18N4OS. The summed E-state index contributed by atoms with van der Waals surface area (Å²) < 4.78 is 1.94. The third-order valence-corrected chi connectivity index (χ3v) is 4.72. The van der Waals surface area contributed by atoms with Crippen LogP contribution in [0.15, 0.2) is 16.9 Å². The van der Waals surface area contributed by atoms with E-state index < -0.39 is 0 Å². The van der Waals surface area contributed by atoms with Gasteiger partial charge in [-0.2, -0.15) is 0 Å². The molecule has 0 amide bonds. The molecule has 0 aliphatic heterocycles. The molecule has 1 aliphatic carbocycles. The summed E-state index contributed by atoms with van der Waals surface area (Å²) in [5, 5.41) is 8.79. The largest absolute Gasteiger partial charge is 0.374 e. The van der Waals surface area contributed by atoms with E-state index in [1.54, 1.807) is 0 Å². The number of anilines is 1. The van der Waals surface area contributed by atoms with Gasteiger partial charge in [-0.05, 0) is 31.9 Å². The lowest BCUT2D eigenvalue weighted by Crippen LogP contribution is -2.29. The predicted octanol–water partition coefficient (Wildman–Crippen LogP) is 2.76. The summed E-state index contributed by atoms with van der Waals surface area (Å²) in [6, 6.07) is 4.14. The van der Waals surface area contributed by atoms with E-state index in [0.717, 1.165) is 18.5 Å². The van der Waals surface area contributed by atoms with Crippen molar-refractivity contribution in [3.05, 3.63) is 28.2 Å². The number of nitrogen functional groups attached to an aromatic ring is 1. The maximum atomic E-state index is 12.8. The smallest absolute Gasteiger partial charge is 0.261 e. The highest BCUT2D eigenvalue weighted by molar-refractivity contribution is 7.18. The first kappa shape index (κ1) is 13.3. The molecule has 20 heavy (non-hydrogen) atoms. The summed E-state index contributed by atoms with van der Waals surface area (Å²) in [5.74, 6) is 0. The van der Waals surface area contributed by atoms with Gasteiger partial charge < -0.3 is 10.3 Å². The maximum absolute atomic E-state index is 12.8. The van der Waals surface area contributed by atoms with Crippen LogP contribution in [0, 0.1) is 6.92 Å². The Bertz CT molecular complexity index is 670. The molecule has 0 spiro atoms. The standard InChI is InChI=1S/C14H18N4OS/c1-9-7-8-11(12-16-17-14(15)20-12)13(19)18(9)10-5-3-2-4-6-10/h7-8,10H,2-6H2,1H3,(H2,15,17). The molecule has 1 saturated carbocycles. The number of nitrogens with zero attached hydrogens (tertiary/aromatic N) is 3. The van der Waals surface area contributed by atoms with Crippen molar-refractivity contribution in [1.82, 2.24) is 14.8 Å². The monoisotopic (exact) mass is 290 g/mol. The van der Waals surface area contributed by atoms with E-state index >= 15 is 0 Å². The first-order valence-electron chi connectivity index (χ1n) is 6.98. The van der Waals surface area contributed by atoms with E-state index in [1.165, 1.54) is 30.6 Å². The molecule has 106 valence electrons. The lowest BCUT2D eigenvalue weighted by molar-refractivity contribution is 0.342. The minimum Gasteiger partial charge on any atom is -0.374 e. The zero-order valence-corrected chi connectivity index (χ0v) is 12.3. The highest BCUT2D eigenvalue weighted by Crippen LogP contribution is 2.29. The fourth-order valence-electron chi connectivity index (χ4n) is 2.94. The van der Waals surface area contributed by atoms with E-state index in [4.69, 9.17) is 5.73 Å². The second-order valence-corrected chi connectivity index (χ2v) is 6.31. The summed E-state index contributed by atoms with van der Waals surface area (Å²) in [6.45, 7) is 1.99. The van der Waals surface area contributed by atoms with Gasteiger partial charge in [-0.25, -0.2) is 0 Å². The number of hydrogen-bond acceptors (Lipinski definition) is 5. The van der Waals surface area contributed by atoms with E-state index in [2.05, 4.69) is 10.2 Å². The van der Waals surface area contributed by atoms with Crippen molar-refractivity contribution in [3.63, 3.8) is 0 Å². The van der Waals surface area contributed by atoms with Crippen molar-refractivity contribution in [1.29, 1.82) is 0 Å². The molecule has 2 heterocycles. The van der Waals surface area contributed by atoms with Crippen molar-refractivity contribution in [3.8, 4) is 10.6 Å². The first-order chi connectivity index (χ1) is 9.66. The van der Waals surface area contributed by atoms with Gasteiger partial charge in [0.1, 0.15) is 0 Å². The predicted molar refractivity (Wildman–Crippen MR) is 80.9 cm³/mol. The molecule has 2 aromatic rings. The maximum Gasteiger partial charge on any atom is 0.261 e. The molecule has 1 fully saturated rings. The molecule has 0 saturated heterocycles. The second kappa shape index (κ2) is 5.36. The van der Waals surface area contributed by atoms with Crippen molar-refractivity contribution in [2.45, 2.75) is 45.1 Å². The Morgan fingerprint density at radius 1 is 1.25 bits per heavy atom. The Hall–Kier alpha value is -1.69. The van der Waals surface area contributed by atoms with E-state index in [9.17, 15) is 4.79 Å². The quantitative estimate of drug-likeness (QED) is 0.923. The van der Waals surface area contributed by atoms with Crippen LogP contribution in [-0.2, 0) is 0 Å². The summed E-state index contributed by atoms with van der Waals surface area (Å²) in [5.41, 5.74) is 7.27. The molecule has 1 aliphatic rings. The van der Waals surface area contributed by atoms with Crippen LogP contribution >= 0.6 is 11.3 Å². The number of hydrogen-bond donors (Lipinski definition) is 1. The Morgan fingerprint density at radius 3 is 2.65 bits per heavy atom. The lowest BCUT2D eigenvalue weighted by atomic mass is 9.94. The Kier molecular flexibility index (Phi) is 3.56. The van der Waals surface area contributed by atoms with Crippen molar-refractivity contribution in [2.75, 3.05) is 5.73 Å². The fourth-order valence-corrected chi connectivity index (χ4v) is 3.57. The van der Waals surface area contributed by atoms with Gasteiger partial charge in [0.25, 0.3) is 5.56 Å². The summed E-state index contributed by atoms with van der Waals surface area (Å²) in [6.07, 6.45) is 5.85. The van der Waals surface area contributed by atoms with Gasteiger partial charge in [-0.15, -0.1) is 10.2 Å². The molecular weight excluding hydrogens is 272 g/mol. The van der Waals surface area contributed by atoms with Crippen molar-refractivity contribution in [2.24, 2.45) is 0 Å². The van der Waals surface area contributed by atoms with Crippen molar-refractivity contribution < 1.29 is 0 Å². The van der Waals surface area contributed by atoms with Gasteiger partial charge >= 0.3 is 0 Å². The van der Waals surface area contributed by atoms with E-state index in [1.807, 2.05) is 23.6 Å². The zero-order chi connectivity index (χ0) is 14.1. The van der Waals surface area contributed by atoms with Gasteiger partial charge in [0.15, 0.2) is 5.01 Å². The molecule has 3 rings (SSSR count). The number of aromatic nitrogens is 3. The highest BCUT2D eigenvalue weighted by Gasteiger charge is 2.20. The summed E-state index contributed by atoms with van der Waals surface area (Å²) in [7, 11) is 0. The van der Waals surface area contributed by atoms with Crippen LogP contribution in [0.1, 0.15) is 43.8 Å². The third kappa shape index (κ3) is 2.35. The zero-order valence-electron chi connectivity index (χ0n) is 11.5. The molecule has 6 heteroatoms. The van der Waals surface area contributed by atoms with Gasteiger partial charge in [0.05, 0.1) is 5.56 Å². The fraction of sp³-hybridized carbons (Fsp3) is 0.500. The average molecular weight is 290 g/mol. The Balaban J connectivity index is 2.08. The minimum atomic E-state index is 0.0352. The topological polar surface area (TPSA) is 73.8 Å². The highest BCUT2D eigenvalue weighted by atomic mass is 32.1. The van der Waals surface area contributed by atoms with Crippen LogP contribution in [0.2, 0.25) is 0 Å². The average Bonchev–Trinajstić information content (AvgIpc) is 2.86. The minimum absolute atomic E-state index is 0.0352. The summed E-state index contributed by atoms with van der Waals surface area (Å²) in [4.78, 5) is 12.8. The van der Waals surface area contributed by atoms with Crippen LogP contribution in [0.5, 0.6) is 0 Å².